The van der Waals surface area contributed by atoms with Crippen LogP contribution in [0, 0.1) is 0 Å². The van der Waals surface area contributed by atoms with E-state index in [9.17, 15) is 0 Å². The SMILES string of the molecule is COc1cc(CN2CCC[C@@H]2c2cc(C(C)C)on2)cc(OC)c1OC. The van der Waals surface area contributed by atoms with Crippen molar-refractivity contribution in [1.82, 2.24) is 10.1 Å². The molecule has 1 fully saturated rings. The quantitative estimate of drug-likeness (QED) is 0.739. The Balaban J connectivity index is 1.83. The van der Waals surface area contributed by atoms with Gasteiger partial charge in [-0.25, -0.2) is 0 Å². The Hall–Kier alpha value is -2.21. The number of hydrogen-bond donors (Lipinski definition) is 0. The Morgan fingerprint density at radius 2 is 1.81 bits per heavy atom. The van der Waals surface area contributed by atoms with Crippen LogP contribution in [0.4, 0.5) is 0 Å². The molecule has 2 aromatic rings. The van der Waals surface area contributed by atoms with Gasteiger partial charge in [0.25, 0.3) is 0 Å². The first-order valence-corrected chi connectivity index (χ1v) is 9.06. The minimum absolute atomic E-state index is 0.283. The highest BCUT2D eigenvalue weighted by Crippen LogP contribution is 2.40. The molecule has 6 nitrogen and oxygen atoms in total. The fourth-order valence-corrected chi connectivity index (χ4v) is 3.54. The van der Waals surface area contributed by atoms with E-state index in [1.54, 1.807) is 21.3 Å². The number of ether oxygens (including phenoxy) is 3. The lowest BCUT2D eigenvalue weighted by Gasteiger charge is -2.23. The maximum Gasteiger partial charge on any atom is 0.203 e. The molecule has 0 bridgehead atoms. The zero-order chi connectivity index (χ0) is 18.7. The van der Waals surface area contributed by atoms with E-state index in [0.717, 1.165) is 42.9 Å². The average molecular weight is 360 g/mol. The minimum Gasteiger partial charge on any atom is -0.493 e. The zero-order valence-corrected chi connectivity index (χ0v) is 16.2. The lowest BCUT2D eigenvalue weighted by atomic mass is 10.1. The molecule has 1 aliphatic rings. The second-order valence-electron chi connectivity index (χ2n) is 6.97. The molecule has 2 heterocycles. The highest BCUT2D eigenvalue weighted by molar-refractivity contribution is 5.53. The lowest BCUT2D eigenvalue weighted by Crippen LogP contribution is -2.23. The van der Waals surface area contributed by atoms with Gasteiger partial charge >= 0.3 is 0 Å². The molecule has 0 spiro atoms. The third kappa shape index (κ3) is 3.65. The van der Waals surface area contributed by atoms with Crippen LogP contribution in [0.15, 0.2) is 22.7 Å². The van der Waals surface area contributed by atoms with Gasteiger partial charge in [-0.05, 0) is 37.1 Å². The summed E-state index contributed by atoms with van der Waals surface area (Å²) in [5.74, 6) is 3.28. The normalized spacial score (nSPS) is 17.7. The van der Waals surface area contributed by atoms with Crippen molar-refractivity contribution in [2.75, 3.05) is 27.9 Å². The van der Waals surface area contributed by atoms with E-state index in [4.69, 9.17) is 18.7 Å². The summed E-state index contributed by atoms with van der Waals surface area (Å²) in [5.41, 5.74) is 2.15. The van der Waals surface area contributed by atoms with Crippen molar-refractivity contribution in [3.8, 4) is 17.2 Å². The van der Waals surface area contributed by atoms with E-state index in [2.05, 4.69) is 30.0 Å². The number of hydrogen-bond acceptors (Lipinski definition) is 6. The van der Waals surface area contributed by atoms with Gasteiger partial charge in [-0.2, -0.15) is 0 Å². The van der Waals surface area contributed by atoms with E-state index in [-0.39, 0.29) is 6.04 Å². The molecule has 0 aliphatic carbocycles. The molecule has 3 rings (SSSR count). The van der Waals surface area contributed by atoms with Gasteiger partial charge in [0.1, 0.15) is 11.5 Å². The monoisotopic (exact) mass is 360 g/mol. The standard InChI is InChI=1S/C20H28N2O4/c1-13(2)17-11-15(21-26-17)16-7-6-8-22(16)12-14-9-18(23-3)20(25-5)19(10-14)24-4/h9-11,13,16H,6-8,12H2,1-5H3/t16-/m1/s1. The molecule has 1 aromatic heterocycles. The highest BCUT2D eigenvalue weighted by atomic mass is 16.5. The van der Waals surface area contributed by atoms with Crippen LogP contribution in [0.3, 0.4) is 0 Å². The molecule has 0 saturated carbocycles. The summed E-state index contributed by atoms with van der Waals surface area (Å²) in [7, 11) is 4.90. The molecule has 0 N–H and O–H groups in total. The van der Waals surface area contributed by atoms with E-state index in [1.807, 2.05) is 12.1 Å². The van der Waals surface area contributed by atoms with E-state index >= 15 is 0 Å². The van der Waals surface area contributed by atoms with Gasteiger partial charge in [0.15, 0.2) is 11.5 Å². The van der Waals surface area contributed by atoms with Crippen molar-refractivity contribution in [2.45, 2.75) is 45.2 Å². The molecule has 6 heteroatoms. The fraction of sp³-hybridized carbons (Fsp3) is 0.550. The molecule has 142 valence electrons. The first-order valence-electron chi connectivity index (χ1n) is 9.06. The van der Waals surface area contributed by atoms with Crippen LogP contribution in [0.1, 0.15) is 55.7 Å². The van der Waals surface area contributed by atoms with Crippen LogP contribution in [-0.4, -0.2) is 37.9 Å². The summed E-state index contributed by atoms with van der Waals surface area (Å²) < 4.78 is 21.9. The number of nitrogens with zero attached hydrogens (tertiary/aromatic N) is 2. The molecule has 1 aromatic carbocycles. The largest absolute Gasteiger partial charge is 0.493 e. The second kappa shape index (κ2) is 7.99. The molecule has 26 heavy (non-hydrogen) atoms. The van der Waals surface area contributed by atoms with Crippen molar-refractivity contribution >= 4 is 0 Å². The summed E-state index contributed by atoms with van der Waals surface area (Å²) in [6.07, 6.45) is 2.24. The molecule has 0 radical (unpaired) electrons. The first-order chi connectivity index (χ1) is 12.6. The van der Waals surface area contributed by atoms with Crippen LogP contribution < -0.4 is 14.2 Å². The maximum atomic E-state index is 5.51. The predicted molar refractivity (Wildman–Crippen MR) is 99.1 cm³/mol. The van der Waals surface area contributed by atoms with Crippen LogP contribution in [-0.2, 0) is 6.54 Å². The topological polar surface area (TPSA) is 57.0 Å². The number of rotatable bonds is 7. The molecule has 1 atom stereocenters. The van der Waals surface area contributed by atoms with Gasteiger partial charge in [0, 0.05) is 18.5 Å². The Bertz CT molecular complexity index is 716. The Morgan fingerprint density at radius 1 is 1.12 bits per heavy atom. The number of benzene rings is 1. The van der Waals surface area contributed by atoms with Gasteiger partial charge < -0.3 is 18.7 Å². The maximum absolute atomic E-state index is 5.51. The van der Waals surface area contributed by atoms with Crippen LogP contribution >= 0.6 is 0 Å². The van der Waals surface area contributed by atoms with Crippen molar-refractivity contribution in [3.63, 3.8) is 0 Å². The summed E-state index contributed by atoms with van der Waals surface area (Å²) in [6.45, 7) is 6.07. The fourth-order valence-electron chi connectivity index (χ4n) is 3.54. The molecule has 0 unspecified atom stereocenters. The third-order valence-corrected chi connectivity index (χ3v) is 4.93. The number of aromatic nitrogens is 1. The zero-order valence-electron chi connectivity index (χ0n) is 16.2. The average Bonchev–Trinajstić information content (AvgIpc) is 3.29. The molecule has 1 aliphatic heterocycles. The summed E-state index contributed by atoms with van der Waals surface area (Å²) in [6, 6.07) is 6.41. The van der Waals surface area contributed by atoms with Crippen molar-refractivity contribution < 1.29 is 18.7 Å². The van der Waals surface area contributed by atoms with Gasteiger partial charge in [-0.15, -0.1) is 0 Å². The van der Waals surface area contributed by atoms with E-state index in [0.29, 0.717) is 23.2 Å². The van der Waals surface area contributed by atoms with Crippen LogP contribution in [0.2, 0.25) is 0 Å². The Morgan fingerprint density at radius 3 is 2.35 bits per heavy atom. The van der Waals surface area contributed by atoms with Crippen LogP contribution in [0.25, 0.3) is 0 Å². The predicted octanol–water partition coefficient (Wildman–Crippen LogP) is 4.16. The van der Waals surface area contributed by atoms with Gasteiger partial charge in [0.2, 0.25) is 5.75 Å². The van der Waals surface area contributed by atoms with Gasteiger partial charge in [0.05, 0.1) is 27.4 Å². The first kappa shape index (κ1) is 18.6. The number of likely N-dealkylation sites (tertiary alicyclic amines) is 1. The van der Waals surface area contributed by atoms with Gasteiger partial charge in [-0.3, -0.25) is 4.90 Å². The third-order valence-electron chi connectivity index (χ3n) is 4.93. The van der Waals surface area contributed by atoms with Gasteiger partial charge in [-0.1, -0.05) is 19.0 Å². The molecular formula is C20H28N2O4. The second-order valence-corrected chi connectivity index (χ2v) is 6.97. The Labute approximate surface area is 155 Å². The van der Waals surface area contributed by atoms with E-state index < -0.39 is 0 Å². The highest BCUT2D eigenvalue weighted by Gasteiger charge is 2.29. The molecule has 1 saturated heterocycles. The smallest absolute Gasteiger partial charge is 0.203 e. The van der Waals surface area contributed by atoms with E-state index in [1.165, 1.54) is 0 Å². The minimum atomic E-state index is 0.283. The Kier molecular flexibility index (Phi) is 5.71. The van der Waals surface area contributed by atoms with Crippen LogP contribution in [0.5, 0.6) is 17.2 Å². The summed E-state index contributed by atoms with van der Waals surface area (Å²) in [4.78, 5) is 2.43. The number of methoxy groups -OCH3 is 3. The summed E-state index contributed by atoms with van der Waals surface area (Å²) >= 11 is 0. The van der Waals surface area contributed by atoms with Crippen molar-refractivity contribution in [1.29, 1.82) is 0 Å². The van der Waals surface area contributed by atoms with Crippen molar-refractivity contribution in [2.24, 2.45) is 0 Å². The molecular weight excluding hydrogens is 332 g/mol. The molecule has 0 amide bonds. The van der Waals surface area contributed by atoms with Crippen molar-refractivity contribution in [3.05, 3.63) is 35.2 Å². The lowest BCUT2D eigenvalue weighted by molar-refractivity contribution is 0.235. The summed E-state index contributed by atoms with van der Waals surface area (Å²) in [5, 5.41) is 4.32.